The van der Waals surface area contributed by atoms with E-state index in [9.17, 15) is 4.79 Å². The first-order chi connectivity index (χ1) is 6.77. The average Bonchev–Trinajstić information content (AvgIpc) is 2.84. The molecule has 2 N–H and O–H groups in total. The zero-order chi connectivity index (χ0) is 10.0. The Labute approximate surface area is 81.1 Å². The van der Waals surface area contributed by atoms with Gasteiger partial charge in [0.2, 0.25) is 5.91 Å². The van der Waals surface area contributed by atoms with Crippen LogP contribution >= 0.6 is 0 Å². The number of nitriles is 1. The first-order valence-corrected chi connectivity index (χ1v) is 4.45. The van der Waals surface area contributed by atoms with Crippen molar-refractivity contribution in [1.29, 1.82) is 5.26 Å². The molecule has 1 aliphatic rings. The van der Waals surface area contributed by atoms with E-state index in [0.29, 0.717) is 25.2 Å². The van der Waals surface area contributed by atoms with Gasteiger partial charge in [-0.25, -0.2) is 4.98 Å². The van der Waals surface area contributed by atoms with Crippen molar-refractivity contribution in [3.63, 3.8) is 0 Å². The SMILES string of the molecule is N#CC1(C(=O)NCc2ncc[nH]2)CC1. The summed E-state index contributed by atoms with van der Waals surface area (Å²) in [7, 11) is 0. The first-order valence-electron chi connectivity index (χ1n) is 4.45. The maximum absolute atomic E-state index is 11.5. The molecule has 0 aromatic carbocycles. The highest BCUT2D eigenvalue weighted by atomic mass is 16.2. The van der Waals surface area contributed by atoms with Crippen LogP contribution in [0.5, 0.6) is 0 Å². The second kappa shape index (κ2) is 3.14. The predicted octanol–water partition coefficient (Wildman–Crippen LogP) is 0.330. The zero-order valence-corrected chi connectivity index (χ0v) is 7.58. The van der Waals surface area contributed by atoms with E-state index in [1.54, 1.807) is 12.4 Å². The molecule has 1 fully saturated rings. The number of imidazole rings is 1. The molecular weight excluding hydrogens is 180 g/mol. The molecule has 2 rings (SSSR count). The largest absolute Gasteiger partial charge is 0.347 e. The average molecular weight is 190 g/mol. The van der Waals surface area contributed by atoms with Crippen LogP contribution in [0.4, 0.5) is 0 Å². The molecule has 0 radical (unpaired) electrons. The van der Waals surface area contributed by atoms with Gasteiger partial charge in [-0.05, 0) is 12.8 Å². The van der Waals surface area contributed by atoms with Gasteiger partial charge in [0.15, 0.2) is 0 Å². The van der Waals surface area contributed by atoms with Crippen LogP contribution in [-0.2, 0) is 11.3 Å². The molecular formula is C9H10N4O. The van der Waals surface area contributed by atoms with Gasteiger partial charge in [0.1, 0.15) is 11.2 Å². The Balaban J connectivity index is 1.88. The summed E-state index contributed by atoms with van der Waals surface area (Å²) in [5.74, 6) is 0.517. The molecule has 1 aromatic rings. The maximum atomic E-state index is 11.5. The number of aromatic amines is 1. The molecule has 5 heteroatoms. The van der Waals surface area contributed by atoms with Gasteiger partial charge < -0.3 is 10.3 Å². The summed E-state index contributed by atoms with van der Waals surface area (Å²) >= 11 is 0. The summed E-state index contributed by atoms with van der Waals surface area (Å²) in [4.78, 5) is 18.3. The van der Waals surface area contributed by atoms with Gasteiger partial charge in [-0.15, -0.1) is 0 Å². The van der Waals surface area contributed by atoms with Gasteiger partial charge in [0, 0.05) is 12.4 Å². The summed E-state index contributed by atoms with van der Waals surface area (Å²) in [5.41, 5.74) is -0.743. The number of carbonyl (C=O) groups is 1. The Morgan fingerprint density at radius 1 is 1.79 bits per heavy atom. The molecule has 0 unspecified atom stereocenters. The van der Waals surface area contributed by atoms with Crippen molar-refractivity contribution in [3.8, 4) is 6.07 Å². The lowest BCUT2D eigenvalue weighted by molar-refractivity contribution is -0.124. The summed E-state index contributed by atoms with van der Waals surface area (Å²) in [6, 6.07) is 2.04. The third kappa shape index (κ3) is 1.46. The monoisotopic (exact) mass is 190 g/mol. The standard InChI is InChI=1S/C9H10N4O/c10-6-9(1-2-9)8(14)13-5-7-11-3-4-12-7/h3-4H,1-2,5H2,(H,11,12)(H,13,14). The normalized spacial score (nSPS) is 17.1. The quantitative estimate of drug-likeness (QED) is 0.720. The number of nitrogens with zero attached hydrogens (tertiary/aromatic N) is 2. The summed E-state index contributed by atoms with van der Waals surface area (Å²) in [6.45, 7) is 0.356. The number of amides is 1. The third-order valence-electron chi connectivity index (χ3n) is 2.37. The van der Waals surface area contributed by atoms with Crippen LogP contribution in [0.1, 0.15) is 18.7 Å². The van der Waals surface area contributed by atoms with Crippen molar-refractivity contribution in [1.82, 2.24) is 15.3 Å². The van der Waals surface area contributed by atoms with E-state index in [1.165, 1.54) is 0 Å². The molecule has 0 bridgehead atoms. The van der Waals surface area contributed by atoms with Crippen LogP contribution in [0.3, 0.4) is 0 Å². The van der Waals surface area contributed by atoms with E-state index in [1.807, 2.05) is 6.07 Å². The Morgan fingerprint density at radius 2 is 2.57 bits per heavy atom. The number of H-pyrrole nitrogens is 1. The van der Waals surface area contributed by atoms with Crippen molar-refractivity contribution >= 4 is 5.91 Å². The number of hydrogen-bond donors (Lipinski definition) is 2. The fraction of sp³-hybridized carbons (Fsp3) is 0.444. The number of nitrogens with one attached hydrogen (secondary N) is 2. The molecule has 0 atom stereocenters. The van der Waals surface area contributed by atoms with E-state index in [4.69, 9.17) is 5.26 Å². The molecule has 5 nitrogen and oxygen atoms in total. The topological polar surface area (TPSA) is 81.6 Å². The maximum Gasteiger partial charge on any atom is 0.240 e. The minimum atomic E-state index is -0.743. The second-order valence-corrected chi connectivity index (χ2v) is 3.41. The minimum absolute atomic E-state index is 0.184. The minimum Gasteiger partial charge on any atom is -0.347 e. The first kappa shape index (κ1) is 8.75. The number of rotatable bonds is 3. The van der Waals surface area contributed by atoms with E-state index >= 15 is 0 Å². The van der Waals surface area contributed by atoms with Gasteiger partial charge >= 0.3 is 0 Å². The van der Waals surface area contributed by atoms with Crippen LogP contribution < -0.4 is 5.32 Å². The van der Waals surface area contributed by atoms with Crippen LogP contribution in [0.2, 0.25) is 0 Å². The van der Waals surface area contributed by atoms with Crippen LogP contribution in [0, 0.1) is 16.7 Å². The van der Waals surface area contributed by atoms with E-state index in [0.717, 1.165) is 0 Å². The molecule has 1 aliphatic carbocycles. The smallest absolute Gasteiger partial charge is 0.240 e. The second-order valence-electron chi connectivity index (χ2n) is 3.41. The number of carbonyl (C=O) groups excluding carboxylic acids is 1. The molecule has 1 saturated carbocycles. The van der Waals surface area contributed by atoms with E-state index < -0.39 is 5.41 Å². The lowest BCUT2D eigenvalue weighted by Gasteiger charge is -2.05. The molecule has 1 amide bonds. The fourth-order valence-electron chi connectivity index (χ4n) is 1.24. The highest BCUT2D eigenvalue weighted by molar-refractivity contribution is 5.88. The molecule has 0 saturated heterocycles. The van der Waals surface area contributed by atoms with Crippen LogP contribution in [0.15, 0.2) is 12.4 Å². The fourth-order valence-corrected chi connectivity index (χ4v) is 1.24. The summed E-state index contributed by atoms with van der Waals surface area (Å²) < 4.78 is 0. The molecule has 1 heterocycles. The molecule has 72 valence electrons. The number of hydrogen-bond acceptors (Lipinski definition) is 3. The highest BCUT2D eigenvalue weighted by Gasteiger charge is 2.50. The van der Waals surface area contributed by atoms with E-state index in [2.05, 4.69) is 15.3 Å². The van der Waals surface area contributed by atoms with Crippen molar-refractivity contribution in [3.05, 3.63) is 18.2 Å². The van der Waals surface area contributed by atoms with Crippen molar-refractivity contribution in [2.24, 2.45) is 5.41 Å². The van der Waals surface area contributed by atoms with Gasteiger partial charge in [-0.1, -0.05) is 0 Å². The Kier molecular flexibility index (Phi) is 1.97. The molecule has 0 aliphatic heterocycles. The van der Waals surface area contributed by atoms with Gasteiger partial charge in [-0.3, -0.25) is 4.79 Å². The van der Waals surface area contributed by atoms with E-state index in [-0.39, 0.29) is 5.91 Å². The Hall–Kier alpha value is -1.83. The third-order valence-corrected chi connectivity index (χ3v) is 2.37. The molecule has 0 spiro atoms. The molecule has 1 aromatic heterocycles. The predicted molar refractivity (Wildman–Crippen MR) is 47.7 cm³/mol. The van der Waals surface area contributed by atoms with Gasteiger partial charge in [0.05, 0.1) is 12.6 Å². The lowest BCUT2D eigenvalue weighted by atomic mass is 10.1. The number of aromatic nitrogens is 2. The lowest BCUT2D eigenvalue weighted by Crippen LogP contribution is -2.30. The highest BCUT2D eigenvalue weighted by Crippen LogP contribution is 2.44. The van der Waals surface area contributed by atoms with Gasteiger partial charge in [-0.2, -0.15) is 5.26 Å². The molecule has 14 heavy (non-hydrogen) atoms. The van der Waals surface area contributed by atoms with Crippen molar-refractivity contribution in [2.75, 3.05) is 0 Å². The zero-order valence-electron chi connectivity index (χ0n) is 7.58. The Bertz CT molecular complexity index is 372. The Morgan fingerprint density at radius 3 is 3.07 bits per heavy atom. The van der Waals surface area contributed by atoms with Crippen LogP contribution in [-0.4, -0.2) is 15.9 Å². The van der Waals surface area contributed by atoms with Crippen molar-refractivity contribution < 1.29 is 4.79 Å². The van der Waals surface area contributed by atoms with Gasteiger partial charge in [0.25, 0.3) is 0 Å². The summed E-state index contributed by atoms with van der Waals surface area (Å²) in [6.07, 6.45) is 4.67. The van der Waals surface area contributed by atoms with Crippen LogP contribution in [0.25, 0.3) is 0 Å². The van der Waals surface area contributed by atoms with Crippen molar-refractivity contribution in [2.45, 2.75) is 19.4 Å². The summed E-state index contributed by atoms with van der Waals surface area (Å²) in [5, 5.41) is 11.4.